The van der Waals surface area contributed by atoms with Gasteiger partial charge in [-0.1, -0.05) is 48.5 Å². The number of aromatic nitrogens is 1. The molecule has 3 aromatic rings. The highest BCUT2D eigenvalue weighted by Gasteiger charge is 2.35. The van der Waals surface area contributed by atoms with Gasteiger partial charge < -0.3 is 30.3 Å². The summed E-state index contributed by atoms with van der Waals surface area (Å²) in [4.78, 5) is 59.0. The van der Waals surface area contributed by atoms with Gasteiger partial charge in [0.2, 0.25) is 5.91 Å². The summed E-state index contributed by atoms with van der Waals surface area (Å²) in [5.74, 6) is -5.22. The van der Waals surface area contributed by atoms with Gasteiger partial charge in [0.1, 0.15) is 11.8 Å². The van der Waals surface area contributed by atoms with Crippen LogP contribution < -0.4 is 10.6 Å². The standard InChI is InChI=1S/C24H28N3O8P/c28-22(29)13-19(26-21(36(33,34)35)11-10-15-6-2-1-3-7-15)23(30)27-20(24(31)32)12-16-14-25-18-9-5-4-8-17(16)18/h1-9,14,19-21,25-26H,10-13H2,(H,27,30)(H,28,29)(H,31,32)(H2,33,34,35)/t19?,20-,21?/m0/s1. The molecule has 0 fully saturated rings. The Hall–Kier alpha value is -3.50. The van der Waals surface area contributed by atoms with E-state index in [0.29, 0.717) is 5.56 Å². The maximum Gasteiger partial charge on any atom is 0.342 e. The van der Waals surface area contributed by atoms with Crippen molar-refractivity contribution in [1.29, 1.82) is 0 Å². The topological polar surface area (TPSA) is 189 Å². The summed E-state index contributed by atoms with van der Waals surface area (Å²) in [6, 6.07) is 13.2. The second-order valence-electron chi connectivity index (χ2n) is 8.41. The smallest absolute Gasteiger partial charge is 0.342 e. The van der Waals surface area contributed by atoms with Crippen LogP contribution in [0.3, 0.4) is 0 Å². The molecule has 0 aliphatic heterocycles. The molecule has 0 radical (unpaired) electrons. The van der Waals surface area contributed by atoms with Gasteiger partial charge in [-0.3, -0.25) is 19.5 Å². The van der Waals surface area contributed by atoms with Crippen molar-refractivity contribution in [1.82, 2.24) is 15.6 Å². The number of carboxylic acids is 2. The highest BCUT2D eigenvalue weighted by Crippen LogP contribution is 2.42. The number of para-hydroxylation sites is 1. The Morgan fingerprint density at radius 2 is 1.61 bits per heavy atom. The Kier molecular flexibility index (Phi) is 9.00. The van der Waals surface area contributed by atoms with Crippen molar-refractivity contribution in [2.24, 2.45) is 0 Å². The largest absolute Gasteiger partial charge is 0.481 e. The second-order valence-corrected chi connectivity index (χ2v) is 10.2. The van der Waals surface area contributed by atoms with Crippen LogP contribution in [-0.4, -0.2) is 60.7 Å². The lowest BCUT2D eigenvalue weighted by atomic mass is 10.0. The van der Waals surface area contributed by atoms with Gasteiger partial charge in [-0.15, -0.1) is 0 Å². The zero-order chi connectivity index (χ0) is 26.3. The fourth-order valence-corrected chi connectivity index (χ4v) is 4.76. The SMILES string of the molecule is O=C(O)CC(NC(CCc1ccccc1)P(=O)(O)O)C(=O)N[C@@H](Cc1c[nH]c2ccccc12)C(=O)O. The number of benzene rings is 2. The van der Waals surface area contributed by atoms with Crippen molar-refractivity contribution < 1.29 is 38.9 Å². The average Bonchev–Trinajstić information content (AvgIpc) is 3.23. The first-order valence-electron chi connectivity index (χ1n) is 11.2. The number of aromatic amines is 1. The molecule has 0 bridgehead atoms. The average molecular weight is 517 g/mol. The molecular weight excluding hydrogens is 489 g/mol. The zero-order valence-corrected chi connectivity index (χ0v) is 20.1. The lowest BCUT2D eigenvalue weighted by molar-refractivity contribution is -0.143. The second kappa shape index (κ2) is 12.0. The van der Waals surface area contributed by atoms with E-state index in [0.717, 1.165) is 16.5 Å². The molecule has 2 aromatic carbocycles. The summed E-state index contributed by atoms with van der Waals surface area (Å²) >= 11 is 0. The molecule has 2 unspecified atom stereocenters. The van der Waals surface area contributed by atoms with Crippen LogP contribution in [0.15, 0.2) is 60.8 Å². The van der Waals surface area contributed by atoms with Gasteiger partial charge in [-0.05, 0) is 30.0 Å². The van der Waals surface area contributed by atoms with Crippen molar-refractivity contribution in [2.75, 3.05) is 0 Å². The number of amides is 1. The first kappa shape index (κ1) is 27.1. The first-order valence-corrected chi connectivity index (χ1v) is 12.9. The number of H-pyrrole nitrogens is 1. The number of nitrogens with one attached hydrogen (secondary N) is 3. The van der Waals surface area contributed by atoms with Gasteiger partial charge in [0.05, 0.1) is 12.5 Å². The fraction of sp³-hybridized carbons (Fsp3) is 0.292. The molecule has 3 atom stereocenters. The summed E-state index contributed by atoms with van der Waals surface area (Å²) in [5, 5.41) is 24.6. The number of carbonyl (C=O) groups excluding carboxylic acids is 1. The minimum absolute atomic E-state index is 0.0740. The Balaban J connectivity index is 1.75. The number of carbonyl (C=O) groups is 3. The van der Waals surface area contributed by atoms with Crippen molar-refractivity contribution in [3.05, 3.63) is 71.9 Å². The predicted molar refractivity (Wildman–Crippen MR) is 131 cm³/mol. The summed E-state index contributed by atoms with van der Waals surface area (Å²) in [6.07, 6.45) is 0.944. The predicted octanol–water partition coefficient (Wildman–Crippen LogP) is 1.85. The number of hydrogen-bond donors (Lipinski definition) is 7. The molecule has 3 rings (SSSR count). The minimum Gasteiger partial charge on any atom is -0.481 e. The molecule has 1 amide bonds. The fourth-order valence-electron chi connectivity index (χ4n) is 3.92. The molecule has 7 N–H and O–H groups in total. The van der Waals surface area contributed by atoms with Gasteiger partial charge in [-0.2, -0.15) is 0 Å². The highest BCUT2D eigenvalue weighted by atomic mass is 31.2. The number of carboxylic acid groups (broad SMARTS) is 2. The van der Waals surface area contributed by atoms with Crippen LogP contribution in [0.5, 0.6) is 0 Å². The van der Waals surface area contributed by atoms with E-state index in [4.69, 9.17) is 0 Å². The maximum absolute atomic E-state index is 13.0. The summed E-state index contributed by atoms with van der Waals surface area (Å²) in [7, 11) is -4.78. The molecule has 1 heterocycles. The van der Waals surface area contributed by atoms with Crippen LogP contribution in [0.2, 0.25) is 0 Å². The Bertz CT molecular complexity index is 1260. The van der Waals surface area contributed by atoms with Crippen LogP contribution in [0.4, 0.5) is 0 Å². The molecule has 0 aliphatic carbocycles. The molecule has 192 valence electrons. The van der Waals surface area contributed by atoms with Gasteiger partial charge in [0, 0.05) is 23.5 Å². The van der Waals surface area contributed by atoms with E-state index in [9.17, 15) is 38.9 Å². The molecule has 0 saturated carbocycles. The van der Waals surface area contributed by atoms with Gasteiger partial charge in [0.25, 0.3) is 0 Å². The van der Waals surface area contributed by atoms with E-state index in [1.807, 2.05) is 12.1 Å². The number of rotatable bonds is 13. The van der Waals surface area contributed by atoms with Crippen molar-refractivity contribution in [2.45, 2.75) is 43.5 Å². The summed E-state index contributed by atoms with van der Waals surface area (Å²) in [5.41, 5.74) is 2.23. The molecular formula is C24H28N3O8P. The van der Waals surface area contributed by atoms with E-state index in [1.165, 1.54) is 0 Å². The third kappa shape index (κ3) is 7.50. The van der Waals surface area contributed by atoms with Gasteiger partial charge in [-0.25, -0.2) is 4.79 Å². The first-order chi connectivity index (χ1) is 17.0. The molecule has 0 saturated heterocycles. The third-order valence-corrected chi connectivity index (χ3v) is 6.98. The molecule has 0 aliphatic rings. The molecule has 1 aromatic heterocycles. The van der Waals surface area contributed by atoms with Crippen LogP contribution >= 0.6 is 7.60 Å². The highest BCUT2D eigenvalue weighted by molar-refractivity contribution is 7.52. The number of aryl methyl sites for hydroxylation is 1. The van der Waals surface area contributed by atoms with Crippen LogP contribution in [-0.2, 0) is 31.8 Å². The number of aliphatic carboxylic acids is 2. The number of fused-ring (bicyclic) bond motifs is 1. The summed E-state index contributed by atoms with van der Waals surface area (Å²) < 4.78 is 12.1. The Labute approximate surface area is 206 Å². The molecule has 12 heteroatoms. The van der Waals surface area contributed by atoms with E-state index in [2.05, 4.69) is 15.6 Å². The third-order valence-electron chi connectivity index (χ3n) is 5.76. The number of hydrogen-bond acceptors (Lipinski definition) is 5. The zero-order valence-electron chi connectivity index (χ0n) is 19.2. The van der Waals surface area contributed by atoms with Crippen molar-refractivity contribution >= 4 is 36.3 Å². The van der Waals surface area contributed by atoms with Crippen LogP contribution in [0.25, 0.3) is 10.9 Å². The Morgan fingerprint density at radius 1 is 0.944 bits per heavy atom. The quantitative estimate of drug-likeness (QED) is 0.166. The monoisotopic (exact) mass is 517 g/mol. The Morgan fingerprint density at radius 3 is 2.25 bits per heavy atom. The van der Waals surface area contributed by atoms with E-state index >= 15 is 0 Å². The van der Waals surface area contributed by atoms with Crippen molar-refractivity contribution in [3.8, 4) is 0 Å². The normalized spacial score (nSPS) is 14.2. The van der Waals surface area contributed by atoms with Gasteiger partial charge >= 0.3 is 19.5 Å². The lowest BCUT2D eigenvalue weighted by Crippen LogP contribution is -2.53. The lowest BCUT2D eigenvalue weighted by Gasteiger charge is -2.26. The molecule has 36 heavy (non-hydrogen) atoms. The van der Waals surface area contributed by atoms with Crippen LogP contribution in [0, 0.1) is 0 Å². The van der Waals surface area contributed by atoms with Gasteiger partial charge in [0.15, 0.2) is 0 Å². The van der Waals surface area contributed by atoms with Crippen LogP contribution in [0.1, 0.15) is 24.0 Å². The maximum atomic E-state index is 13.0. The van der Waals surface area contributed by atoms with E-state index < -0.39 is 49.7 Å². The van der Waals surface area contributed by atoms with E-state index in [-0.39, 0.29) is 19.3 Å². The summed E-state index contributed by atoms with van der Waals surface area (Å²) in [6.45, 7) is 0. The van der Waals surface area contributed by atoms with Crippen molar-refractivity contribution in [3.63, 3.8) is 0 Å². The molecule has 0 spiro atoms. The molecule has 11 nitrogen and oxygen atoms in total. The van der Waals surface area contributed by atoms with E-state index in [1.54, 1.807) is 48.7 Å². The minimum atomic E-state index is -4.78.